The first-order chi connectivity index (χ1) is 10.3. The number of anilines is 2. The number of amides is 2. The lowest BCUT2D eigenvalue weighted by Crippen LogP contribution is -2.48. The molecule has 6 heteroatoms. The largest absolute Gasteiger partial charge is 0.383 e. The summed E-state index contributed by atoms with van der Waals surface area (Å²) in [6, 6.07) is 4.95. The number of carbonyl (C=O) groups is 3. The van der Waals surface area contributed by atoms with Crippen LogP contribution in [0, 0.1) is 5.41 Å². The highest BCUT2D eigenvalue weighted by Gasteiger charge is 2.45. The second-order valence-corrected chi connectivity index (χ2v) is 5.80. The van der Waals surface area contributed by atoms with E-state index in [2.05, 4.69) is 0 Å². The summed E-state index contributed by atoms with van der Waals surface area (Å²) in [6.07, 6.45) is 0.718. The van der Waals surface area contributed by atoms with E-state index in [0.717, 1.165) is 6.29 Å². The van der Waals surface area contributed by atoms with E-state index >= 15 is 0 Å². The first-order valence-electron chi connectivity index (χ1n) is 7.03. The number of methoxy groups -OCH3 is 1. The summed E-state index contributed by atoms with van der Waals surface area (Å²) in [7, 11) is 3.17. The first-order valence-corrected chi connectivity index (χ1v) is 7.03. The first kappa shape index (κ1) is 16.2. The Bertz CT molecular complexity index is 625. The number of aldehydes is 1. The lowest BCUT2D eigenvalue weighted by molar-refractivity contribution is -0.137. The molecule has 2 amide bonds. The summed E-state index contributed by atoms with van der Waals surface area (Å²) in [5.74, 6) is -0.583. The quantitative estimate of drug-likeness (QED) is 0.624. The number of nitrogens with zero attached hydrogens (tertiary/aromatic N) is 2. The van der Waals surface area contributed by atoms with Gasteiger partial charge in [-0.25, -0.2) is 0 Å². The van der Waals surface area contributed by atoms with Gasteiger partial charge in [0.05, 0.1) is 18.0 Å². The van der Waals surface area contributed by atoms with Gasteiger partial charge in [-0.1, -0.05) is 0 Å². The van der Waals surface area contributed by atoms with Gasteiger partial charge in [0, 0.05) is 26.3 Å². The highest BCUT2D eigenvalue weighted by atomic mass is 16.5. The highest BCUT2D eigenvalue weighted by Crippen LogP contribution is 2.38. The van der Waals surface area contributed by atoms with Crippen molar-refractivity contribution in [3.8, 4) is 0 Å². The Hall–Kier alpha value is -2.21. The Balaban J connectivity index is 2.63. The van der Waals surface area contributed by atoms with Crippen LogP contribution in [0.4, 0.5) is 11.4 Å². The Labute approximate surface area is 129 Å². The van der Waals surface area contributed by atoms with Crippen LogP contribution in [0.3, 0.4) is 0 Å². The predicted octanol–water partition coefficient (Wildman–Crippen LogP) is 1.48. The van der Waals surface area contributed by atoms with Crippen molar-refractivity contribution in [1.82, 2.24) is 0 Å². The zero-order chi connectivity index (χ0) is 16.5. The van der Waals surface area contributed by atoms with E-state index in [1.165, 1.54) is 4.90 Å². The van der Waals surface area contributed by atoms with Gasteiger partial charge in [0.2, 0.25) is 11.8 Å². The molecular weight excluding hydrogens is 284 g/mol. The van der Waals surface area contributed by atoms with Crippen LogP contribution in [0.1, 0.15) is 24.2 Å². The van der Waals surface area contributed by atoms with E-state index in [0.29, 0.717) is 30.1 Å². The van der Waals surface area contributed by atoms with Gasteiger partial charge in [-0.15, -0.1) is 0 Å². The molecule has 0 unspecified atom stereocenters. The minimum absolute atomic E-state index is 0.279. The summed E-state index contributed by atoms with van der Waals surface area (Å²) in [5, 5.41) is 0. The SMILES string of the molecule is COCCN1C(=O)C(C)(C)C(=O)N(C)c2cc(C=O)ccc21. The minimum Gasteiger partial charge on any atom is -0.383 e. The number of rotatable bonds is 4. The predicted molar refractivity (Wildman–Crippen MR) is 83.2 cm³/mol. The summed E-state index contributed by atoms with van der Waals surface area (Å²) in [6.45, 7) is 3.92. The molecule has 0 spiro atoms. The third-order valence-corrected chi connectivity index (χ3v) is 3.93. The van der Waals surface area contributed by atoms with E-state index in [1.54, 1.807) is 51.1 Å². The van der Waals surface area contributed by atoms with Gasteiger partial charge in [0.1, 0.15) is 11.7 Å². The number of benzene rings is 1. The van der Waals surface area contributed by atoms with Crippen molar-refractivity contribution in [2.75, 3.05) is 37.1 Å². The fraction of sp³-hybridized carbons (Fsp3) is 0.438. The molecule has 1 aliphatic rings. The monoisotopic (exact) mass is 304 g/mol. The summed E-state index contributed by atoms with van der Waals surface area (Å²) in [4.78, 5) is 39.4. The van der Waals surface area contributed by atoms with Crippen molar-refractivity contribution in [2.45, 2.75) is 13.8 Å². The van der Waals surface area contributed by atoms with Crippen LogP contribution in [-0.2, 0) is 14.3 Å². The normalized spacial score (nSPS) is 17.3. The van der Waals surface area contributed by atoms with Gasteiger partial charge in [-0.2, -0.15) is 0 Å². The van der Waals surface area contributed by atoms with E-state index < -0.39 is 5.41 Å². The fourth-order valence-electron chi connectivity index (χ4n) is 2.58. The van der Waals surface area contributed by atoms with Crippen molar-refractivity contribution in [3.05, 3.63) is 23.8 Å². The van der Waals surface area contributed by atoms with Gasteiger partial charge >= 0.3 is 0 Å². The van der Waals surface area contributed by atoms with E-state index in [1.807, 2.05) is 0 Å². The molecule has 0 saturated carbocycles. The molecule has 6 nitrogen and oxygen atoms in total. The average molecular weight is 304 g/mol. The van der Waals surface area contributed by atoms with Gasteiger partial charge in [-0.05, 0) is 32.0 Å². The fourth-order valence-corrected chi connectivity index (χ4v) is 2.58. The van der Waals surface area contributed by atoms with Crippen LogP contribution in [0.15, 0.2) is 18.2 Å². The number of ether oxygens (including phenoxy) is 1. The molecule has 1 aromatic rings. The Morgan fingerprint density at radius 3 is 2.45 bits per heavy atom. The second-order valence-electron chi connectivity index (χ2n) is 5.80. The molecule has 0 bridgehead atoms. The second kappa shape index (κ2) is 5.88. The minimum atomic E-state index is -1.18. The smallest absolute Gasteiger partial charge is 0.242 e. The summed E-state index contributed by atoms with van der Waals surface area (Å²) < 4.78 is 5.07. The Morgan fingerprint density at radius 2 is 1.86 bits per heavy atom. The molecule has 0 aliphatic carbocycles. The van der Waals surface area contributed by atoms with Gasteiger partial charge in [0.15, 0.2) is 0 Å². The summed E-state index contributed by atoms with van der Waals surface area (Å²) >= 11 is 0. The van der Waals surface area contributed by atoms with Crippen molar-refractivity contribution in [3.63, 3.8) is 0 Å². The van der Waals surface area contributed by atoms with E-state index in [9.17, 15) is 14.4 Å². The molecule has 22 heavy (non-hydrogen) atoms. The highest BCUT2D eigenvalue weighted by molar-refractivity contribution is 6.20. The van der Waals surface area contributed by atoms with Gasteiger partial charge in [-0.3, -0.25) is 14.4 Å². The molecule has 2 rings (SSSR count). The van der Waals surface area contributed by atoms with Crippen LogP contribution in [0.5, 0.6) is 0 Å². The molecule has 0 radical (unpaired) electrons. The number of carbonyl (C=O) groups excluding carboxylic acids is 3. The van der Waals surface area contributed by atoms with Crippen molar-refractivity contribution >= 4 is 29.5 Å². The molecule has 0 saturated heterocycles. The number of fused-ring (bicyclic) bond motifs is 1. The van der Waals surface area contributed by atoms with E-state index in [-0.39, 0.29) is 11.8 Å². The lowest BCUT2D eigenvalue weighted by Gasteiger charge is -2.27. The maximum absolute atomic E-state index is 12.8. The van der Waals surface area contributed by atoms with Crippen molar-refractivity contribution < 1.29 is 19.1 Å². The third kappa shape index (κ3) is 2.50. The molecule has 0 atom stereocenters. The molecule has 0 aromatic heterocycles. The van der Waals surface area contributed by atoms with Crippen LogP contribution < -0.4 is 9.80 Å². The number of hydrogen-bond donors (Lipinski definition) is 0. The van der Waals surface area contributed by atoms with Crippen molar-refractivity contribution in [1.29, 1.82) is 0 Å². The average Bonchev–Trinajstić information content (AvgIpc) is 2.57. The Morgan fingerprint density at radius 1 is 1.18 bits per heavy atom. The topological polar surface area (TPSA) is 66.9 Å². The van der Waals surface area contributed by atoms with Crippen LogP contribution in [0.2, 0.25) is 0 Å². The molecule has 1 heterocycles. The molecule has 0 N–H and O–H groups in total. The summed E-state index contributed by atoms with van der Waals surface area (Å²) in [5.41, 5.74) is 0.430. The van der Waals surface area contributed by atoms with Crippen molar-refractivity contribution in [2.24, 2.45) is 5.41 Å². The van der Waals surface area contributed by atoms with Gasteiger partial charge < -0.3 is 14.5 Å². The number of hydrogen-bond acceptors (Lipinski definition) is 4. The van der Waals surface area contributed by atoms with Crippen LogP contribution in [-0.4, -0.2) is 45.4 Å². The molecule has 1 aliphatic heterocycles. The standard InChI is InChI=1S/C16H20N2O4/c1-16(2)14(20)17(3)13-9-11(10-19)5-6-12(13)18(15(16)21)7-8-22-4/h5-6,9-10H,7-8H2,1-4H3. The lowest BCUT2D eigenvalue weighted by atomic mass is 9.90. The molecule has 1 aromatic carbocycles. The van der Waals surface area contributed by atoms with Crippen LogP contribution in [0.25, 0.3) is 0 Å². The third-order valence-electron chi connectivity index (χ3n) is 3.93. The Kier molecular flexibility index (Phi) is 4.32. The maximum atomic E-state index is 12.8. The van der Waals surface area contributed by atoms with E-state index in [4.69, 9.17) is 4.74 Å². The molecule has 118 valence electrons. The zero-order valence-corrected chi connectivity index (χ0v) is 13.3. The molecular formula is C16H20N2O4. The van der Waals surface area contributed by atoms with Gasteiger partial charge in [0.25, 0.3) is 0 Å². The molecule has 0 fully saturated rings. The maximum Gasteiger partial charge on any atom is 0.242 e. The van der Waals surface area contributed by atoms with Crippen LogP contribution >= 0.6 is 0 Å². The zero-order valence-electron chi connectivity index (χ0n) is 13.3.